The van der Waals surface area contributed by atoms with Crippen molar-refractivity contribution in [3.63, 3.8) is 0 Å². The van der Waals surface area contributed by atoms with Crippen LogP contribution in [0.3, 0.4) is 0 Å². The summed E-state index contributed by atoms with van der Waals surface area (Å²) >= 11 is 5.88. The normalized spacial score (nSPS) is 12.7. The molecule has 16 heavy (non-hydrogen) atoms. The quantitative estimate of drug-likeness (QED) is 0.890. The van der Waals surface area contributed by atoms with E-state index in [-0.39, 0.29) is 6.04 Å². The van der Waals surface area contributed by atoms with Crippen molar-refractivity contribution in [3.8, 4) is 11.4 Å². The zero-order valence-electron chi connectivity index (χ0n) is 8.85. The molecule has 0 radical (unpaired) electrons. The van der Waals surface area contributed by atoms with E-state index in [1.54, 1.807) is 12.1 Å². The van der Waals surface area contributed by atoms with Crippen LogP contribution in [0.1, 0.15) is 12.8 Å². The van der Waals surface area contributed by atoms with Crippen LogP contribution in [0.15, 0.2) is 28.8 Å². The summed E-state index contributed by atoms with van der Waals surface area (Å²) in [5, 5.41) is 4.53. The Morgan fingerprint density at radius 2 is 2.31 bits per heavy atom. The number of benzene rings is 1. The molecule has 5 heteroatoms. The third-order valence-electron chi connectivity index (χ3n) is 2.05. The molecular formula is C11H12ClN3O. The molecule has 0 aliphatic rings. The number of rotatable bonds is 3. The van der Waals surface area contributed by atoms with Crippen molar-refractivity contribution in [2.45, 2.75) is 19.4 Å². The first-order valence-corrected chi connectivity index (χ1v) is 5.37. The number of nitrogens with zero attached hydrogens (tertiary/aromatic N) is 2. The van der Waals surface area contributed by atoms with Gasteiger partial charge in [-0.1, -0.05) is 28.9 Å². The summed E-state index contributed by atoms with van der Waals surface area (Å²) in [4.78, 5) is 4.25. The second-order valence-corrected chi connectivity index (χ2v) is 4.14. The van der Waals surface area contributed by atoms with Crippen molar-refractivity contribution in [2.75, 3.05) is 0 Å². The van der Waals surface area contributed by atoms with Gasteiger partial charge in [-0.05, 0) is 19.1 Å². The van der Waals surface area contributed by atoms with E-state index in [4.69, 9.17) is 21.9 Å². The third kappa shape index (κ3) is 2.59. The molecule has 2 N–H and O–H groups in total. The molecule has 1 atom stereocenters. The fourth-order valence-corrected chi connectivity index (χ4v) is 1.55. The van der Waals surface area contributed by atoms with E-state index in [1.165, 1.54) is 0 Å². The predicted octanol–water partition coefficient (Wildman–Crippen LogP) is 2.28. The Kier molecular flexibility index (Phi) is 3.22. The van der Waals surface area contributed by atoms with Crippen LogP contribution in [0, 0.1) is 0 Å². The molecule has 0 amide bonds. The van der Waals surface area contributed by atoms with Crippen LogP contribution in [0.25, 0.3) is 11.4 Å². The lowest BCUT2D eigenvalue weighted by molar-refractivity contribution is 0.372. The number of halogens is 1. The lowest BCUT2D eigenvalue weighted by Gasteiger charge is -1.97. The predicted molar refractivity (Wildman–Crippen MR) is 62.1 cm³/mol. The van der Waals surface area contributed by atoms with Crippen molar-refractivity contribution in [3.05, 3.63) is 35.2 Å². The first kappa shape index (κ1) is 11.1. The van der Waals surface area contributed by atoms with E-state index in [0.29, 0.717) is 23.2 Å². The summed E-state index contributed by atoms with van der Waals surface area (Å²) in [5.74, 6) is 1.09. The molecule has 4 nitrogen and oxygen atoms in total. The van der Waals surface area contributed by atoms with Gasteiger partial charge in [0.15, 0.2) is 0 Å². The van der Waals surface area contributed by atoms with E-state index in [1.807, 2.05) is 19.1 Å². The van der Waals surface area contributed by atoms with Crippen LogP contribution in [0.2, 0.25) is 5.02 Å². The van der Waals surface area contributed by atoms with E-state index >= 15 is 0 Å². The highest BCUT2D eigenvalue weighted by Crippen LogP contribution is 2.19. The minimum absolute atomic E-state index is 0.00709. The number of hydrogen-bond donors (Lipinski definition) is 1. The molecule has 0 spiro atoms. The Balaban J connectivity index is 2.24. The molecule has 1 aromatic heterocycles. The summed E-state index contributed by atoms with van der Waals surface area (Å²) in [6.45, 7) is 1.89. The fourth-order valence-electron chi connectivity index (χ4n) is 1.36. The Labute approximate surface area is 98.4 Å². The smallest absolute Gasteiger partial charge is 0.228 e. The zero-order valence-corrected chi connectivity index (χ0v) is 9.61. The van der Waals surface area contributed by atoms with Crippen molar-refractivity contribution < 1.29 is 4.52 Å². The van der Waals surface area contributed by atoms with E-state index < -0.39 is 0 Å². The van der Waals surface area contributed by atoms with Crippen molar-refractivity contribution >= 4 is 11.6 Å². The van der Waals surface area contributed by atoms with Crippen LogP contribution in [-0.2, 0) is 6.42 Å². The number of nitrogens with two attached hydrogens (primary N) is 1. The van der Waals surface area contributed by atoms with Gasteiger partial charge in [-0.3, -0.25) is 0 Å². The summed E-state index contributed by atoms with van der Waals surface area (Å²) in [6, 6.07) is 7.33. The summed E-state index contributed by atoms with van der Waals surface area (Å²) in [6.07, 6.45) is 0.577. The molecule has 0 bridgehead atoms. The van der Waals surface area contributed by atoms with Crippen molar-refractivity contribution in [1.82, 2.24) is 10.1 Å². The minimum Gasteiger partial charge on any atom is -0.339 e. The lowest BCUT2D eigenvalue weighted by Crippen LogP contribution is -2.17. The molecule has 1 heterocycles. The summed E-state index contributed by atoms with van der Waals surface area (Å²) in [7, 11) is 0. The monoisotopic (exact) mass is 237 g/mol. The van der Waals surface area contributed by atoms with Crippen LogP contribution in [-0.4, -0.2) is 16.2 Å². The van der Waals surface area contributed by atoms with E-state index in [0.717, 1.165) is 5.56 Å². The average Bonchev–Trinajstić information content (AvgIpc) is 2.65. The highest BCUT2D eigenvalue weighted by molar-refractivity contribution is 6.30. The van der Waals surface area contributed by atoms with Gasteiger partial charge in [0.2, 0.25) is 11.7 Å². The number of aromatic nitrogens is 2. The van der Waals surface area contributed by atoms with Gasteiger partial charge in [-0.15, -0.1) is 0 Å². The molecular weight excluding hydrogens is 226 g/mol. The van der Waals surface area contributed by atoms with E-state index in [9.17, 15) is 0 Å². The first-order chi connectivity index (χ1) is 7.65. The molecule has 1 unspecified atom stereocenters. The van der Waals surface area contributed by atoms with Crippen molar-refractivity contribution in [2.24, 2.45) is 5.73 Å². The lowest BCUT2D eigenvalue weighted by atomic mass is 10.2. The molecule has 0 saturated carbocycles. The maximum Gasteiger partial charge on any atom is 0.228 e. The zero-order chi connectivity index (χ0) is 11.5. The van der Waals surface area contributed by atoms with Gasteiger partial charge in [0.1, 0.15) is 0 Å². The third-order valence-corrected chi connectivity index (χ3v) is 2.28. The molecule has 0 fully saturated rings. The van der Waals surface area contributed by atoms with Gasteiger partial charge < -0.3 is 10.3 Å². The summed E-state index contributed by atoms with van der Waals surface area (Å²) in [5.41, 5.74) is 6.49. The Morgan fingerprint density at radius 3 is 3.00 bits per heavy atom. The van der Waals surface area contributed by atoms with Gasteiger partial charge >= 0.3 is 0 Å². The minimum atomic E-state index is 0.00709. The second kappa shape index (κ2) is 4.63. The average molecular weight is 238 g/mol. The Hall–Kier alpha value is -1.39. The SMILES string of the molecule is CC(N)Cc1nc(-c2cccc(Cl)c2)no1. The highest BCUT2D eigenvalue weighted by Gasteiger charge is 2.10. The van der Waals surface area contributed by atoms with Crippen LogP contribution >= 0.6 is 11.6 Å². The molecule has 2 rings (SSSR count). The van der Waals surface area contributed by atoms with Crippen molar-refractivity contribution in [1.29, 1.82) is 0 Å². The van der Waals surface area contributed by atoms with Gasteiger partial charge in [0.25, 0.3) is 0 Å². The molecule has 2 aromatic rings. The maximum absolute atomic E-state index is 5.88. The van der Waals surface area contributed by atoms with Gasteiger partial charge in [-0.2, -0.15) is 4.98 Å². The molecule has 1 aromatic carbocycles. The van der Waals surface area contributed by atoms with Crippen LogP contribution < -0.4 is 5.73 Å². The van der Waals surface area contributed by atoms with Crippen LogP contribution in [0.5, 0.6) is 0 Å². The molecule has 0 aliphatic carbocycles. The van der Waals surface area contributed by atoms with Gasteiger partial charge in [0.05, 0.1) is 0 Å². The Morgan fingerprint density at radius 1 is 1.50 bits per heavy atom. The maximum atomic E-state index is 5.88. The second-order valence-electron chi connectivity index (χ2n) is 3.70. The van der Waals surface area contributed by atoms with E-state index in [2.05, 4.69) is 10.1 Å². The van der Waals surface area contributed by atoms with Crippen LogP contribution in [0.4, 0.5) is 0 Å². The fraction of sp³-hybridized carbons (Fsp3) is 0.273. The highest BCUT2D eigenvalue weighted by atomic mass is 35.5. The molecule has 0 aliphatic heterocycles. The first-order valence-electron chi connectivity index (χ1n) is 4.99. The molecule has 0 saturated heterocycles. The molecule has 84 valence electrons. The summed E-state index contributed by atoms with van der Waals surface area (Å²) < 4.78 is 5.09. The largest absolute Gasteiger partial charge is 0.339 e. The van der Waals surface area contributed by atoms with Gasteiger partial charge in [0, 0.05) is 23.0 Å². The Bertz CT molecular complexity index is 482. The standard InChI is InChI=1S/C11H12ClN3O/c1-7(13)5-10-14-11(15-16-10)8-3-2-4-9(12)6-8/h2-4,6-7H,5,13H2,1H3. The number of hydrogen-bond acceptors (Lipinski definition) is 4. The topological polar surface area (TPSA) is 64.9 Å². The van der Waals surface area contributed by atoms with Gasteiger partial charge in [-0.25, -0.2) is 0 Å².